The van der Waals surface area contributed by atoms with Crippen LogP contribution >= 0.6 is 11.6 Å². The number of benzene rings is 2. The molecular weight excluding hydrogens is 443 g/mol. The Kier molecular flexibility index (Phi) is 5.74. The molecule has 33 heavy (non-hydrogen) atoms. The lowest BCUT2D eigenvalue weighted by atomic mass is 9.99. The molecule has 8 heteroatoms. The van der Waals surface area contributed by atoms with Gasteiger partial charge in [0.05, 0.1) is 28.8 Å². The molecule has 4 aromatic rings. The van der Waals surface area contributed by atoms with Crippen LogP contribution in [0.4, 0.5) is 4.39 Å². The molecule has 0 spiro atoms. The molecule has 1 unspecified atom stereocenters. The van der Waals surface area contributed by atoms with Crippen molar-refractivity contribution in [3.05, 3.63) is 93.9 Å². The molecule has 1 N–H and O–H groups in total. The topological polar surface area (TPSA) is 60.2 Å². The van der Waals surface area contributed by atoms with Gasteiger partial charge in [-0.05, 0) is 61.7 Å². The third-order valence-electron chi connectivity index (χ3n) is 5.57. The van der Waals surface area contributed by atoms with Crippen molar-refractivity contribution < 1.29 is 14.0 Å². The summed E-state index contributed by atoms with van der Waals surface area (Å²) < 4.78 is 22.0. The second-order valence-electron chi connectivity index (χ2n) is 8.07. The summed E-state index contributed by atoms with van der Waals surface area (Å²) in [6, 6.07) is 16.5. The molecule has 168 valence electrons. The molecular formula is C25H22ClFN4O2. The first-order valence-corrected chi connectivity index (χ1v) is 11.0. The number of hydrogen-bond acceptors (Lipinski definition) is 5. The van der Waals surface area contributed by atoms with E-state index in [1.54, 1.807) is 16.8 Å². The Bertz CT molecular complexity index is 1370. The second kappa shape index (κ2) is 8.84. The second-order valence-corrected chi connectivity index (χ2v) is 8.48. The zero-order chi connectivity index (χ0) is 22.9. The van der Waals surface area contributed by atoms with Crippen LogP contribution in [0, 0.1) is 19.7 Å². The van der Waals surface area contributed by atoms with Gasteiger partial charge in [0.1, 0.15) is 0 Å². The van der Waals surface area contributed by atoms with E-state index in [-0.39, 0.29) is 22.7 Å². The molecule has 0 fully saturated rings. The standard InChI is InChI=1S/C25H22ClFN4O2/c1-15-8-9-17(16(2)11-15)12-18-14-32-30-24(28-18)20-13-19-5-4-10-31(19)29-25(20)33-22-7-3-6-21(26)23(22)27/h3-11,13,18H,12,14H2,1-2H3,(H,28,30). The van der Waals surface area contributed by atoms with E-state index in [2.05, 4.69) is 42.6 Å². The third kappa shape index (κ3) is 4.42. The number of aryl methyl sites for hydroxylation is 2. The largest absolute Gasteiger partial charge is 0.434 e. The van der Waals surface area contributed by atoms with Crippen LogP contribution in [-0.2, 0) is 11.3 Å². The molecule has 1 aliphatic heterocycles. The van der Waals surface area contributed by atoms with E-state index in [4.69, 9.17) is 26.2 Å². The van der Waals surface area contributed by atoms with Crippen molar-refractivity contribution in [3.8, 4) is 11.6 Å². The van der Waals surface area contributed by atoms with E-state index in [0.29, 0.717) is 18.0 Å². The van der Waals surface area contributed by atoms with Gasteiger partial charge < -0.3 is 4.74 Å². The first kappa shape index (κ1) is 21.4. The van der Waals surface area contributed by atoms with E-state index >= 15 is 0 Å². The van der Waals surface area contributed by atoms with Gasteiger partial charge in [0.15, 0.2) is 17.4 Å². The molecule has 2 aromatic carbocycles. The van der Waals surface area contributed by atoms with Crippen LogP contribution in [0.15, 0.2) is 65.8 Å². The van der Waals surface area contributed by atoms with E-state index in [1.807, 2.05) is 18.2 Å². The van der Waals surface area contributed by atoms with Crippen molar-refractivity contribution in [2.45, 2.75) is 26.3 Å². The van der Waals surface area contributed by atoms with Crippen LogP contribution in [0.5, 0.6) is 11.6 Å². The van der Waals surface area contributed by atoms with Crippen LogP contribution in [0.3, 0.4) is 0 Å². The summed E-state index contributed by atoms with van der Waals surface area (Å²) in [5.74, 6) is -0.0134. The molecule has 6 nitrogen and oxygen atoms in total. The number of halogens is 2. The molecule has 2 aromatic heterocycles. The highest BCUT2D eigenvalue weighted by atomic mass is 35.5. The van der Waals surface area contributed by atoms with Crippen molar-refractivity contribution in [1.29, 1.82) is 0 Å². The zero-order valence-corrected chi connectivity index (χ0v) is 18.9. The van der Waals surface area contributed by atoms with Crippen LogP contribution in [-0.4, -0.2) is 28.1 Å². The average molecular weight is 465 g/mol. The quantitative estimate of drug-likeness (QED) is 0.428. The Labute approximate surface area is 195 Å². The lowest BCUT2D eigenvalue weighted by molar-refractivity contribution is 0.0623. The van der Waals surface area contributed by atoms with Crippen LogP contribution in [0.2, 0.25) is 5.02 Å². The summed E-state index contributed by atoms with van der Waals surface area (Å²) in [4.78, 5) is 10.5. The monoisotopic (exact) mass is 464 g/mol. The molecule has 5 rings (SSSR count). The predicted octanol–water partition coefficient (Wildman–Crippen LogP) is 5.43. The van der Waals surface area contributed by atoms with Gasteiger partial charge in [-0.3, -0.25) is 9.83 Å². The van der Waals surface area contributed by atoms with Gasteiger partial charge in [-0.2, -0.15) is 0 Å². The number of aromatic nitrogens is 2. The highest BCUT2D eigenvalue weighted by Gasteiger charge is 2.23. The van der Waals surface area contributed by atoms with Crippen molar-refractivity contribution in [2.75, 3.05) is 6.61 Å². The van der Waals surface area contributed by atoms with Gasteiger partial charge in [0, 0.05) is 6.20 Å². The van der Waals surface area contributed by atoms with Gasteiger partial charge in [0.2, 0.25) is 5.88 Å². The minimum Gasteiger partial charge on any atom is -0.434 e. The minimum absolute atomic E-state index is 0.0214. The van der Waals surface area contributed by atoms with Crippen molar-refractivity contribution in [1.82, 2.24) is 15.1 Å². The molecule has 1 aliphatic rings. The number of hydrogen-bond donors (Lipinski definition) is 1. The van der Waals surface area contributed by atoms with Gasteiger partial charge >= 0.3 is 0 Å². The minimum atomic E-state index is -0.651. The smallest absolute Gasteiger partial charge is 0.248 e. The Hall–Kier alpha value is -3.42. The van der Waals surface area contributed by atoms with Gasteiger partial charge in [-0.15, -0.1) is 5.10 Å². The summed E-state index contributed by atoms with van der Waals surface area (Å²) in [6.07, 6.45) is 2.52. The molecule has 0 bridgehead atoms. The number of amidine groups is 1. The number of hydroxylamine groups is 1. The summed E-state index contributed by atoms with van der Waals surface area (Å²) in [7, 11) is 0. The number of ether oxygens (including phenoxy) is 1. The normalized spacial score (nSPS) is 15.9. The fraction of sp³-hybridized carbons (Fsp3) is 0.200. The summed E-state index contributed by atoms with van der Waals surface area (Å²) in [5, 5.41) is 4.49. The van der Waals surface area contributed by atoms with E-state index in [1.165, 1.54) is 28.8 Å². The molecule has 0 saturated carbocycles. The molecule has 0 aliphatic carbocycles. The SMILES string of the molecule is Cc1ccc(CC2CONC(c3cc4cccn4nc3Oc3cccc(Cl)c3F)=N2)c(C)c1. The molecule has 1 atom stereocenters. The first-order chi connectivity index (χ1) is 16.0. The fourth-order valence-corrected chi connectivity index (χ4v) is 4.04. The van der Waals surface area contributed by atoms with E-state index in [9.17, 15) is 4.39 Å². The number of fused-ring (bicyclic) bond motifs is 1. The molecule has 3 heterocycles. The summed E-state index contributed by atoms with van der Waals surface area (Å²) in [6.45, 7) is 4.61. The molecule has 0 radical (unpaired) electrons. The van der Waals surface area contributed by atoms with Crippen molar-refractivity contribution in [2.24, 2.45) is 4.99 Å². The Balaban J connectivity index is 1.52. The highest BCUT2D eigenvalue weighted by Crippen LogP contribution is 2.30. The van der Waals surface area contributed by atoms with Crippen molar-refractivity contribution >= 4 is 23.0 Å². The van der Waals surface area contributed by atoms with Crippen LogP contribution in [0.1, 0.15) is 22.3 Å². The Morgan fingerprint density at radius 2 is 2.06 bits per heavy atom. The number of nitrogens with one attached hydrogen (secondary N) is 1. The van der Waals surface area contributed by atoms with E-state index in [0.717, 1.165) is 11.9 Å². The Morgan fingerprint density at radius 1 is 1.18 bits per heavy atom. The summed E-state index contributed by atoms with van der Waals surface area (Å²) in [5.41, 5.74) is 7.95. The molecule has 0 saturated heterocycles. The number of nitrogens with zero attached hydrogens (tertiary/aromatic N) is 3. The lowest BCUT2D eigenvalue weighted by Crippen LogP contribution is -2.37. The van der Waals surface area contributed by atoms with Gasteiger partial charge in [-0.25, -0.2) is 14.4 Å². The van der Waals surface area contributed by atoms with Crippen LogP contribution < -0.4 is 10.2 Å². The zero-order valence-electron chi connectivity index (χ0n) is 18.2. The average Bonchev–Trinajstić information content (AvgIpc) is 3.26. The maximum absolute atomic E-state index is 14.5. The highest BCUT2D eigenvalue weighted by molar-refractivity contribution is 6.30. The first-order valence-electron chi connectivity index (χ1n) is 10.6. The molecule has 0 amide bonds. The van der Waals surface area contributed by atoms with E-state index < -0.39 is 5.82 Å². The van der Waals surface area contributed by atoms with Gasteiger partial charge in [0.25, 0.3) is 0 Å². The Morgan fingerprint density at radius 3 is 2.91 bits per heavy atom. The number of aliphatic imine (C=N–C) groups is 1. The lowest BCUT2D eigenvalue weighted by Gasteiger charge is -2.23. The maximum Gasteiger partial charge on any atom is 0.248 e. The summed E-state index contributed by atoms with van der Waals surface area (Å²) >= 11 is 5.93. The van der Waals surface area contributed by atoms with Crippen molar-refractivity contribution in [3.63, 3.8) is 0 Å². The predicted molar refractivity (Wildman–Crippen MR) is 126 cm³/mol. The maximum atomic E-state index is 14.5. The van der Waals surface area contributed by atoms with Crippen LogP contribution in [0.25, 0.3) is 5.52 Å². The number of rotatable bonds is 5. The van der Waals surface area contributed by atoms with Gasteiger partial charge in [-0.1, -0.05) is 41.4 Å². The third-order valence-corrected chi connectivity index (χ3v) is 5.86. The fourth-order valence-electron chi connectivity index (χ4n) is 3.87.